The monoisotopic (exact) mass is 287 g/mol. The number of alkyl halides is 3. The van der Waals surface area contributed by atoms with E-state index in [-0.39, 0.29) is 12.5 Å². The summed E-state index contributed by atoms with van der Waals surface area (Å²) in [5.41, 5.74) is 1.30. The highest BCUT2D eigenvalue weighted by Gasteiger charge is 2.30. The summed E-state index contributed by atoms with van der Waals surface area (Å²) < 4.78 is 41.3. The molecule has 2 aromatic rings. The summed E-state index contributed by atoms with van der Waals surface area (Å²) in [5, 5.41) is 14.9. The van der Waals surface area contributed by atoms with Crippen molar-refractivity contribution in [3.05, 3.63) is 30.1 Å². The van der Waals surface area contributed by atoms with Crippen LogP contribution >= 0.6 is 0 Å². The van der Waals surface area contributed by atoms with Gasteiger partial charge in [0.1, 0.15) is 6.42 Å². The Kier molecular flexibility index (Phi) is 4.23. The highest BCUT2D eigenvalue weighted by atomic mass is 19.4. The van der Waals surface area contributed by atoms with Crippen molar-refractivity contribution < 1.29 is 22.8 Å². The van der Waals surface area contributed by atoms with Gasteiger partial charge in [-0.05, 0) is 24.3 Å². The van der Waals surface area contributed by atoms with Crippen LogP contribution in [0.25, 0.3) is 11.5 Å². The minimum atomic E-state index is -4.36. The molecule has 2 N–H and O–H groups in total. The topological polar surface area (TPSA) is 71.2 Å². The van der Waals surface area contributed by atoms with E-state index in [0.29, 0.717) is 12.1 Å². The third kappa shape index (κ3) is 3.95. The number of benzene rings is 1. The number of aliphatic hydroxyl groups is 1. The first-order chi connectivity index (χ1) is 9.48. The number of aliphatic hydroxyl groups excluding tert-OH is 1. The van der Waals surface area contributed by atoms with Crippen molar-refractivity contribution >= 4 is 5.69 Å². The zero-order valence-electron chi connectivity index (χ0n) is 10.3. The molecule has 0 aliphatic heterocycles. The van der Waals surface area contributed by atoms with Crippen LogP contribution in [0.4, 0.5) is 18.9 Å². The number of rotatable bonds is 5. The Morgan fingerprint density at radius 3 is 2.50 bits per heavy atom. The van der Waals surface area contributed by atoms with E-state index in [9.17, 15) is 13.2 Å². The maximum atomic E-state index is 12.2. The maximum Gasteiger partial charge on any atom is 0.396 e. The zero-order chi connectivity index (χ0) is 14.6. The molecule has 2 rings (SSSR count). The summed E-state index contributed by atoms with van der Waals surface area (Å²) in [5.74, 6) is -0.354. The van der Waals surface area contributed by atoms with E-state index in [2.05, 4.69) is 15.5 Å². The van der Waals surface area contributed by atoms with Crippen molar-refractivity contribution in [2.75, 3.05) is 18.5 Å². The van der Waals surface area contributed by atoms with E-state index >= 15 is 0 Å². The fourth-order valence-corrected chi connectivity index (χ4v) is 1.55. The van der Waals surface area contributed by atoms with E-state index in [0.717, 1.165) is 5.69 Å². The van der Waals surface area contributed by atoms with E-state index in [1.165, 1.54) is 0 Å². The van der Waals surface area contributed by atoms with Gasteiger partial charge in [-0.1, -0.05) is 5.16 Å². The third-order valence-electron chi connectivity index (χ3n) is 2.40. The highest BCUT2D eigenvalue weighted by Crippen LogP contribution is 2.23. The van der Waals surface area contributed by atoms with E-state index < -0.39 is 18.4 Å². The summed E-state index contributed by atoms with van der Waals surface area (Å²) in [6.07, 6.45) is -5.58. The van der Waals surface area contributed by atoms with Gasteiger partial charge in [-0.2, -0.15) is 18.2 Å². The minimum Gasteiger partial charge on any atom is -0.395 e. The lowest BCUT2D eigenvalue weighted by Crippen LogP contribution is -2.12. The van der Waals surface area contributed by atoms with Crippen molar-refractivity contribution in [2.45, 2.75) is 12.6 Å². The van der Waals surface area contributed by atoms with Gasteiger partial charge in [0, 0.05) is 17.8 Å². The Bertz CT molecular complexity index is 552. The van der Waals surface area contributed by atoms with Gasteiger partial charge in [-0.15, -0.1) is 0 Å². The fourth-order valence-electron chi connectivity index (χ4n) is 1.55. The van der Waals surface area contributed by atoms with Gasteiger partial charge in [0.25, 0.3) is 5.89 Å². The first-order valence-electron chi connectivity index (χ1n) is 5.82. The molecular formula is C12H12F3N3O2. The molecule has 0 bridgehead atoms. The smallest absolute Gasteiger partial charge is 0.395 e. The molecule has 1 heterocycles. The predicted molar refractivity (Wildman–Crippen MR) is 65.1 cm³/mol. The largest absolute Gasteiger partial charge is 0.396 e. The molecule has 0 saturated carbocycles. The lowest BCUT2D eigenvalue weighted by atomic mass is 10.2. The Balaban J connectivity index is 2.08. The number of aromatic nitrogens is 2. The molecule has 0 aliphatic carbocycles. The van der Waals surface area contributed by atoms with Crippen molar-refractivity contribution in [2.24, 2.45) is 0 Å². The molecule has 5 nitrogen and oxygen atoms in total. The van der Waals surface area contributed by atoms with Crippen LogP contribution in [0.15, 0.2) is 28.8 Å². The van der Waals surface area contributed by atoms with Crippen LogP contribution in [0, 0.1) is 0 Å². The molecule has 0 fully saturated rings. The van der Waals surface area contributed by atoms with E-state index in [1.54, 1.807) is 24.3 Å². The average Bonchev–Trinajstić information content (AvgIpc) is 2.83. The second-order valence-electron chi connectivity index (χ2n) is 4.04. The van der Waals surface area contributed by atoms with Crippen molar-refractivity contribution in [3.8, 4) is 11.5 Å². The summed E-state index contributed by atoms with van der Waals surface area (Å²) in [6.45, 7) is 0.419. The number of anilines is 1. The van der Waals surface area contributed by atoms with Crippen molar-refractivity contribution in [1.29, 1.82) is 0 Å². The van der Waals surface area contributed by atoms with Crippen LogP contribution in [0.2, 0.25) is 0 Å². The summed E-state index contributed by atoms with van der Waals surface area (Å²) in [4.78, 5) is 3.70. The SMILES string of the molecule is OCCNc1ccc(-c2nc(CC(F)(F)F)no2)cc1. The molecule has 0 atom stereocenters. The summed E-state index contributed by atoms with van der Waals surface area (Å²) >= 11 is 0. The van der Waals surface area contributed by atoms with Crippen LogP contribution in [-0.2, 0) is 6.42 Å². The van der Waals surface area contributed by atoms with Crippen LogP contribution in [0.3, 0.4) is 0 Å². The normalized spacial score (nSPS) is 11.6. The van der Waals surface area contributed by atoms with E-state index in [1.807, 2.05) is 0 Å². The Labute approximate surface area is 112 Å². The lowest BCUT2D eigenvalue weighted by molar-refractivity contribution is -0.128. The van der Waals surface area contributed by atoms with Crippen LogP contribution in [0.1, 0.15) is 5.82 Å². The first kappa shape index (κ1) is 14.3. The Hall–Kier alpha value is -2.09. The number of nitrogens with zero attached hydrogens (tertiary/aromatic N) is 2. The Morgan fingerprint density at radius 1 is 1.20 bits per heavy atom. The van der Waals surface area contributed by atoms with Gasteiger partial charge >= 0.3 is 6.18 Å². The third-order valence-corrected chi connectivity index (χ3v) is 2.40. The fraction of sp³-hybridized carbons (Fsp3) is 0.333. The van der Waals surface area contributed by atoms with Gasteiger partial charge < -0.3 is 14.9 Å². The average molecular weight is 287 g/mol. The molecule has 0 spiro atoms. The Morgan fingerprint density at radius 2 is 1.90 bits per heavy atom. The number of hydrogen-bond acceptors (Lipinski definition) is 5. The second-order valence-corrected chi connectivity index (χ2v) is 4.04. The molecule has 0 amide bonds. The zero-order valence-corrected chi connectivity index (χ0v) is 10.3. The summed E-state index contributed by atoms with van der Waals surface area (Å²) in [7, 11) is 0. The molecule has 0 radical (unpaired) electrons. The number of hydrogen-bond donors (Lipinski definition) is 2. The molecule has 8 heteroatoms. The van der Waals surface area contributed by atoms with Crippen LogP contribution in [0.5, 0.6) is 0 Å². The van der Waals surface area contributed by atoms with Crippen LogP contribution < -0.4 is 5.32 Å². The van der Waals surface area contributed by atoms with Gasteiger partial charge in [-0.3, -0.25) is 0 Å². The van der Waals surface area contributed by atoms with Crippen molar-refractivity contribution in [1.82, 2.24) is 10.1 Å². The van der Waals surface area contributed by atoms with Gasteiger partial charge in [0.05, 0.1) is 6.61 Å². The molecule has 0 saturated heterocycles. The van der Waals surface area contributed by atoms with Gasteiger partial charge in [0.15, 0.2) is 5.82 Å². The minimum absolute atomic E-state index is 0.00616. The van der Waals surface area contributed by atoms with Gasteiger partial charge in [-0.25, -0.2) is 0 Å². The summed E-state index contributed by atoms with van der Waals surface area (Å²) in [6, 6.07) is 6.70. The van der Waals surface area contributed by atoms with Crippen molar-refractivity contribution in [3.63, 3.8) is 0 Å². The van der Waals surface area contributed by atoms with E-state index in [4.69, 9.17) is 9.63 Å². The highest BCUT2D eigenvalue weighted by molar-refractivity contribution is 5.58. The quantitative estimate of drug-likeness (QED) is 0.882. The van der Waals surface area contributed by atoms with Gasteiger partial charge in [0.2, 0.25) is 0 Å². The molecule has 0 aliphatic rings. The molecule has 20 heavy (non-hydrogen) atoms. The molecule has 108 valence electrons. The molecule has 0 unspecified atom stereocenters. The molecule has 1 aromatic carbocycles. The lowest BCUT2D eigenvalue weighted by Gasteiger charge is -2.03. The molecule has 1 aromatic heterocycles. The number of halogens is 3. The predicted octanol–water partition coefficient (Wildman–Crippen LogP) is 2.25. The molecular weight excluding hydrogens is 275 g/mol. The standard InChI is InChI=1S/C12H12F3N3O2/c13-12(14,15)7-10-17-11(20-18-10)8-1-3-9(4-2-8)16-5-6-19/h1-4,16,19H,5-7H2. The van der Waals surface area contributed by atoms with Crippen LogP contribution in [-0.4, -0.2) is 34.6 Å². The first-order valence-corrected chi connectivity index (χ1v) is 5.82. The number of nitrogens with one attached hydrogen (secondary N) is 1. The maximum absolute atomic E-state index is 12.2. The second kappa shape index (κ2) is 5.91.